The highest BCUT2D eigenvalue weighted by Gasteiger charge is 2.26. The van der Waals surface area contributed by atoms with Crippen molar-refractivity contribution in [3.63, 3.8) is 0 Å². The second kappa shape index (κ2) is 6.95. The molecule has 1 heterocycles. The van der Waals surface area contributed by atoms with Crippen LogP contribution in [0, 0.1) is 6.92 Å². The summed E-state index contributed by atoms with van der Waals surface area (Å²) in [4.78, 5) is 0. The van der Waals surface area contributed by atoms with Crippen LogP contribution in [0.3, 0.4) is 0 Å². The van der Waals surface area contributed by atoms with Gasteiger partial charge < -0.3 is 14.6 Å². The van der Waals surface area contributed by atoms with Gasteiger partial charge >= 0.3 is 0 Å². The molecule has 0 aromatic heterocycles. The number of methoxy groups -OCH3 is 1. The van der Waals surface area contributed by atoms with E-state index in [1.165, 1.54) is 5.56 Å². The molecule has 0 saturated heterocycles. The first-order valence-electron chi connectivity index (χ1n) is 9.56. The maximum Gasteiger partial charge on any atom is 0.131 e. The summed E-state index contributed by atoms with van der Waals surface area (Å²) in [7, 11) is 1.68. The van der Waals surface area contributed by atoms with Crippen LogP contribution in [0.4, 0.5) is 0 Å². The maximum absolute atomic E-state index is 10.6. The van der Waals surface area contributed by atoms with E-state index in [-0.39, 0.29) is 11.5 Å². The van der Waals surface area contributed by atoms with Crippen molar-refractivity contribution in [1.29, 1.82) is 0 Å². The molecule has 1 atom stereocenters. The normalized spacial score (nSPS) is 16.0. The predicted molar refractivity (Wildman–Crippen MR) is 111 cm³/mol. The Balaban J connectivity index is 2.10. The molecule has 0 saturated carbocycles. The molecule has 0 bridgehead atoms. The lowest BCUT2D eigenvalue weighted by Crippen LogP contribution is -2.27. The Kier molecular flexibility index (Phi) is 4.98. The van der Waals surface area contributed by atoms with E-state index >= 15 is 0 Å². The zero-order chi connectivity index (χ0) is 19.9. The van der Waals surface area contributed by atoms with Crippen LogP contribution in [0.15, 0.2) is 30.3 Å². The third-order valence-electron chi connectivity index (χ3n) is 5.37. The molecule has 1 aliphatic heterocycles. The lowest BCUT2D eigenvalue weighted by atomic mass is 9.86. The van der Waals surface area contributed by atoms with Gasteiger partial charge in [0.2, 0.25) is 0 Å². The van der Waals surface area contributed by atoms with Crippen LogP contribution in [-0.4, -0.2) is 17.8 Å². The maximum atomic E-state index is 10.6. The Labute approximate surface area is 162 Å². The SMILES string of the molecule is COc1cc2c(cc1C(C)c1cc(C(C)C)c(C)cc1O)C=CC(C)(C)O2. The van der Waals surface area contributed by atoms with Gasteiger partial charge in [-0.15, -0.1) is 0 Å². The van der Waals surface area contributed by atoms with Gasteiger partial charge in [0.1, 0.15) is 22.8 Å². The zero-order valence-electron chi connectivity index (χ0n) is 17.4. The number of fused-ring (bicyclic) bond motifs is 1. The first-order chi connectivity index (χ1) is 12.6. The van der Waals surface area contributed by atoms with Gasteiger partial charge in [0.15, 0.2) is 0 Å². The van der Waals surface area contributed by atoms with Gasteiger partial charge in [-0.05, 0) is 56.0 Å². The highest BCUT2D eigenvalue weighted by molar-refractivity contribution is 5.65. The molecule has 2 aromatic carbocycles. The molecule has 2 aromatic rings. The molecular weight excluding hydrogens is 336 g/mol. The van der Waals surface area contributed by atoms with Crippen molar-refractivity contribution < 1.29 is 14.6 Å². The molecule has 27 heavy (non-hydrogen) atoms. The molecule has 0 aliphatic carbocycles. The fraction of sp³-hybridized carbons (Fsp3) is 0.417. The van der Waals surface area contributed by atoms with Gasteiger partial charge in [-0.1, -0.05) is 32.9 Å². The quantitative estimate of drug-likeness (QED) is 0.703. The van der Waals surface area contributed by atoms with Crippen molar-refractivity contribution in [1.82, 2.24) is 0 Å². The predicted octanol–water partition coefficient (Wildman–Crippen LogP) is 6.17. The third-order valence-corrected chi connectivity index (χ3v) is 5.37. The molecule has 1 unspecified atom stereocenters. The largest absolute Gasteiger partial charge is 0.508 e. The van der Waals surface area contributed by atoms with Crippen LogP contribution in [0.1, 0.15) is 74.3 Å². The van der Waals surface area contributed by atoms with E-state index in [1.807, 2.05) is 32.9 Å². The van der Waals surface area contributed by atoms with E-state index in [1.54, 1.807) is 7.11 Å². The Morgan fingerprint density at radius 1 is 1.00 bits per heavy atom. The fourth-order valence-corrected chi connectivity index (χ4v) is 3.80. The standard InChI is InChI=1S/C24H30O3/c1-14(2)18-12-19(21(25)10-15(18)3)16(4)20-11-17-8-9-24(5,6)27-22(17)13-23(20)26-7/h8-14,16,25H,1-7H3. The van der Waals surface area contributed by atoms with Crippen LogP contribution in [0.25, 0.3) is 6.08 Å². The minimum atomic E-state index is -0.327. The second-order valence-corrected chi connectivity index (χ2v) is 8.31. The summed E-state index contributed by atoms with van der Waals surface area (Å²) in [5.74, 6) is 2.33. The minimum absolute atomic E-state index is 0.00770. The molecule has 3 heteroatoms. The number of ether oxygens (including phenoxy) is 2. The highest BCUT2D eigenvalue weighted by Crippen LogP contribution is 2.43. The summed E-state index contributed by atoms with van der Waals surface area (Å²) < 4.78 is 11.8. The molecular formula is C24H30O3. The molecule has 3 nitrogen and oxygen atoms in total. The van der Waals surface area contributed by atoms with Crippen molar-refractivity contribution in [2.24, 2.45) is 0 Å². The Morgan fingerprint density at radius 3 is 2.33 bits per heavy atom. The van der Waals surface area contributed by atoms with Crippen LogP contribution in [0.5, 0.6) is 17.2 Å². The molecule has 1 N–H and O–H groups in total. The van der Waals surface area contributed by atoms with Gasteiger partial charge in [-0.25, -0.2) is 0 Å². The number of aromatic hydroxyl groups is 1. The number of phenols is 1. The Bertz CT molecular complexity index is 891. The van der Waals surface area contributed by atoms with Crippen LogP contribution in [0.2, 0.25) is 0 Å². The van der Waals surface area contributed by atoms with Crippen LogP contribution >= 0.6 is 0 Å². The van der Waals surface area contributed by atoms with Crippen molar-refractivity contribution in [3.8, 4) is 17.2 Å². The number of benzene rings is 2. The number of rotatable bonds is 4. The lowest BCUT2D eigenvalue weighted by Gasteiger charge is -2.29. The van der Waals surface area contributed by atoms with Gasteiger partial charge in [0.25, 0.3) is 0 Å². The number of hydrogen-bond acceptors (Lipinski definition) is 3. The fourth-order valence-electron chi connectivity index (χ4n) is 3.80. The average Bonchev–Trinajstić information content (AvgIpc) is 2.59. The van der Waals surface area contributed by atoms with Crippen molar-refractivity contribution >= 4 is 6.08 Å². The number of hydrogen-bond donors (Lipinski definition) is 1. The van der Waals surface area contributed by atoms with E-state index in [2.05, 4.69) is 45.1 Å². The Morgan fingerprint density at radius 2 is 1.70 bits per heavy atom. The van der Waals surface area contributed by atoms with Crippen LogP contribution in [-0.2, 0) is 0 Å². The molecule has 0 radical (unpaired) electrons. The number of aryl methyl sites for hydroxylation is 1. The summed E-state index contributed by atoms with van der Waals surface area (Å²) in [6.07, 6.45) is 4.17. The topological polar surface area (TPSA) is 38.7 Å². The van der Waals surface area contributed by atoms with Gasteiger partial charge in [-0.3, -0.25) is 0 Å². The average molecular weight is 367 g/mol. The summed E-state index contributed by atoms with van der Waals surface area (Å²) in [5, 5.41) is 10.6. The lowest BCUT2D eigenvalue weighted by molar-refractivity contribution is 0.158. The summed E-state index contributed by atoms with van der Waals surface area (Å²) in [6, 6.07) is 8.08. The summed E-state index contributed by atoms with van der Waals surface area (Å²) >= 11 is 0. The minimum Gasteiger partial charge on any atom is -0.508 e. The van der Waals surface area contributed by atoms with Gasteiger partial charge in [-0.2, -0.15) is 0 Å². The second-order valence-electron chi connectivity index (χ2n) is 8.31. The summed E-state index contributed by atoms with van der Waals surface area (Å²) in [5.41, 5.74) is 5.05. The molecule has 144 valence electrons. The van der Waals surface area contributed by atoms with E-state index in [0.717, 1.165) is 33.8 Å². The molecule has 1 aliphatic rings. The van der Waals surface area contributed by atoms with E-state index in [0.29, 0.717) is 11.7 Å². The van der Waals surface area contributed by atoms with E-state index < -0.39 is 0 Å². The van der Waals surface area contributed by atoms with Crippen LogP contribution < -0.4 is 9.47 Å². The van der Waals surface area contributed by atoms with Crippen molar-refractivity contribution in [3.05, 3.63) is 58.2 Å². The molecule has 0 fully saturated rings. The number of phenolic OH excluding ortho intramolecular Hbond substituents is 1. The van der Waals surface area contributed by atoms with Crippen molar-refractivity contribution in [2.75, 3.05) is 7.11 Å². The van der Waals surface area contributed by atoms with E-state index in [4.69, 9.17) is 9.47 Å². The van der Waals surface area contributed by atoms with Gasteiger partial charge in [0.05, 0.1) is 7.11 Å². The molecule has 0 amide bonds. The third kappa shape index (κ3) is 3.69. The molecule has 0 spiro atoms. The van der Waals surface area contributed by atoms with E-state index in [9.17, 15) is 5.11 Å². The monoisotopic (exact) mass is 366 g/mol. The first kappa shape index (κ1) is 19.3. The molecule has 3 rings (SSSR count). The smallest absolute Gasteiger partial charge is 0.131 e. The van der Waals surface area contributed by atoms with Crippen molar-refractivity contribution in [2.45, 2.75) is 59.0 Å². The first-order valence-corrected chi connectivity index (χ1v) is 9.56. The Hall–Kier alpha value is -2.42. The van der Waals surface area contributed by atoms with Gasteiger partial charge in [0, 0.05) is 28.7 Å². The zero-order valence-corrected chi connectivity index (χ0v) is 17.4. The summed E-state index contributed by atoms with van der Waals surface area (Å²) in [6.45, 7) is 12.6. The highest BCUT2D eigenvalue weighted by atomic mass is 16.5.